The Hall–Kier alpha value is -2.09. The van der Waals surface area contributed by atoms with E-state index in [1.165, 1.54) is 19.2 Å². The van der Waals surface area contributed by atoms with Crippen LogP contribution in [-0.4, -0.2) is 36.7 Å². The molecule has 128 valence electrons. The second-order valence-corrected chi connectivity index (χ2v) is 4.94. The van der Waals surface area contributed by atoms with Crippen molar-refractivity contribution in [1.29, 1.82) is 0 Å². The molecule has 0 heterocycles. The first-order chi connectivity index (χ1) is 10.7. The number of hydrogen-bond acceptors (Lipinski definition) is 3. The molecule has 0 bridgehead atoms. The van der Waals surface area contributed by atoms with E-state index < -0.39 is 35.6 Å². The summed E-state index contributed by atoms with van der Waals surface area (Å²) in [6.45, 7) is 1.40. The zero-order valence-corrected chi connectivity index (χ0v) is 12.7. The fourth-order valence-electron chi connectivity index (χ4n) is 2.12. The number of carbonyl (C=O) groups is 2. The summed E-state index contributed by atoms with van der Waals surface area (Å²) in [5.41, 5.74) is -0.672. The molecule has 5 nitrogen and oxygen atoms in total. The highest BCUT2D eigenvalue weighted by Gasteiger charge is 2.32. The Morgan fingerprint density at radius 1 is 1.35 bits per heavy atom. The van der Waals surface area contributed by atoms with E-state index in [0.29, 0.717) is 0 Å². The van der Waals surface area contributed by atoms with Crippen LogP contribution in [0.4, 0.5) is 13.2 Å². The quantitative estimate of drug-likeness (QED) is 0.803. The molecular weight excluding hydrogens is 315 g/mol. The van der Waals surface area contributed by atoms with E-state index in [9.17, 15) is 22.8 Å². The molecule has 1 rings (SSSR count). The Morgan fingerprint density at radius 3 is 2.48 bits per heavy atom. The Balaban J connectivity index is 2.99. The van der Waals surface area contributed by atoms with Crippen LogP contribution >= 0.6 is 0 Å². The largest absolute Gasteiger partial charge is 0.480 e. The molecule has 0 saturated heterocycles. The molecule has 23 heavy (non-hydrogen) atoms. The first-order valence-corrected chi connectivity index (χ1v) is 6.90. The first-order valence-electron chi connectivity index (χ1n) is 6.90. The number of carboxylic acids is 1. The molecule has 0 fully saturated rings. The van der Waals surface area contributed by atoms with Crippen LogP contribution in [0.25, 0.3) is 0 Å². The Labute approximate surface area is 131 Å². The van der Waals surface area contributed by atoms with Crippen LogP contribution in [0.2, 0.25) is 0 Å². The van der Waals surface area contributed by atoms with E-state index in [1.807, 2.05) is 0 Å². The number of alkyl halides is 3. The van der Waals surface area contributed by atoms with Crippen molar-refractivity contribution >= 4 is 11.9 Å². The third-order valence-electron chi connectivity index (χ3n) is 3.29. The molecule has 2 N–H and O–H groups in total. The average Bonchev–Trinajstić information content (AvgIpc) is 2.47. The number of hydrogen-bond donors (Lipinski definition) is 2. The van der Waals surface area contributed by atoms with Gasteiger partial charge < -0.3 is 15.2 Å². The van der Waals surface area contributed by atoms with E-state index in [4.69, 9.17) is 9.84 Å². The highest BCUT2D eigenvalue weighted by Crippen LogP contribution is 2.31. The fourth-order valence-corrected chi connectivity index (χ4v) is 2.12. The van der Waals surface area contributed by atoms with Gasteiger partial charge in [0.1, 0.15) is 0 Å². The number of ether oxygens (including phenoxy) is 1. The van der Waals surface area contributed by atoms with Gasteiger partial charge in [-0.2, -0.15) is 13.2 Å². The molecule has 0 aliphatic carbocycles. The number of carbonyl (C=O) groups excluding carboxylic acids is 1. The molecule has 0 saturated carbocycles. The van der Waals surface area contributed by atoms with Gasteiger partial charge in [-0.25, -0.2) is 4.79 Å². The van der Waals surface area contributed by atoms with Gasteiger partial charge in [-0.05, 0) is 18.1 Å². The van der Waals surface area contributed by atoms with Crippen molar-refractivity contribution in [3.8, 4) is 0 Å². The standard InChI is InChI=1S/C15H18F3NO4/c1-3-11(13(20)19-12(8-23-2)14(21)22)9-5-4-6-10(7-9)15(16,17)18/h4-7,11-12H,3,8H2,1-2H3,(H,19,20)(H,21,22). The summed E-state index contributed by atoms with van der Waals surface area (Å²) in [4.78, 5) is 23.2. The van der Waals surface area contributed by atoms with E-state index in [2.05, 4.69) is 5.32 Å². The summed E-state index contributed by atoms with van der Waals surface area (Å²) in [7, 11) is 1.28. The second-order valence-electron chi connectivity index (χ2n) is 4.94. The van der Waals surface area contributed by atoms with Crippen molar-refractivity contribution in [1.82, 2.24) is 5.32 Å². The predicted octanol–water partition coefficient (Wildman–Crippen LogP) is 2.41. The molecule has 0 aliphatic rings. The minimum absolute atomic E-state index is 0.182. The van der Waals surface area contributed by atoms with Gasteiger partial charge >= 0.3 is 12.1 Å². The minimum atomic E-state index is -4.51. The lowest BCUT2D eigenvalue weighted by Crippen LogP contribution is -2.45. The summed E-state index contributed by atoms with van der Waals surface area (Å²) in [6, 6.07) is 3.19. The fraction of sp³-hybridized carbons (Fsp3) is 0.467. The van der Waals surface area contributed by atoms with Gasteiger partial charge in [-0.1, -0.05) is 25.1 Å². The van der Waals surface area contributed by atoms with Crippen LogP contribution in [-0.2, 0) is 20.5 Å². The van der Waals surface area contributed by atoms with Crippen LogP contribution in [0, 0.1) is 0 Å². The number of carboxylic acid groups (broad SMARTS) is 1. The molecule has 2 atom stereocenters. The van der Waals surface area contributed by atoms with Crippen LogP contribution in [0.5, 0.6) is 0 Å². The number of amides is 1. The highest BCUT2D eigenvalue weighted by molar-refractivity contribution is 5.88. The van der Waals surface area contributed by atoms with Crippen molar-refractivity contribution in [3.05, 3.63) is 35.4 Å². The Kier molecular flexibility index (Phi) is 6.56. The zero-order valence-electron chi connectivity index (χ0n) is 12.7. The molecule has 0 spiro atoms. The molecule has 0 aromatic heterocycles. The molecule has 1 aromatic rings. The van der Waals surface area contributed by atoms with Crippen LogP contribution in [0.1, 0.15) is 30.4 Å². The summed E-state index contributed by atoms with van der Waals surface area (Å²) < 4.78 is 43.0. The number of methoxy groups -OCH3 is 1. The van der Waals surface area contributed by atoms with Gasteiger partial charge in [0.05, 0.1) is 18.1 Å². The smallest absolute Gasteiger partial charge is 0.416 e. The Morgan fingerprint density at radius 2 is 2.00 bits per heavy atom. The van der Waals surface area contributed by atoms with Gasteiger partial charge in [-0.15, -0.1) is 0 Å². The lowest BCUT2D eigenvalue weighted by atomic mass is 9.93. The van der Waals surface area contributed by atoms with Gasteiger partial charge in [0.25, 0.3) is 0 Å². The molecule has 1 aromatic carbocycles. The van der Waals surface area contributed by atoms with Crippen LogP contribution in [0.3, 0.4) is 0 Å². The number of halogens is 3. The van der Waals surface area contributed by atoms with Gasteiger partial charge in [0.15, 0.2) is 6.04 Å². The van der Waals surface area contributed by atoms with E-state index in [1.54, 1.807) is 6.92 Å². The monoisotopic (exact) mass is 333 g/mol. The lowest BCUT2D eigenvalue weighted by molar-refractivity contribution is -0.143. The first kappa shape index (κ1) is 19.0. The second kappa shape index (κ2) is 7.96. The number of rotatable bonds is 7. The maximum absolute atomic E-state index is 12.8. The highest BCUT2D eigenvalue weighted by atomic mass is 19.4. The summed E-state index contributed by atoms with van der Waals surface area (Å²) >= 11 is 0. The van der Waals surface area contributed by atoms with E-state index in [-0.39, 0.29) is 18.6 Å². The molecule has 8 heteroatoms. The topological polar surface area (TPSA) is 75.6 Å². The van der Waals surface area contributed by atoms with Gasteiger partial charge in [0.2, 0.25) is 5.91 Å². The molecular formula is C15H18F3NO4. The van der Waals surface area contributed by atoms with Crippen molar-refractivity contribution in [2.75, 3.05) is 13.7 Å². The molecule has 0 aliphatic heterocycles. The molecule has 0 radical (unpaired) electrons. The van der Waals surface area contributed by atoms with Crippen molar-refractivity contribution < 1.29 is 32.6 Å². The van der Waals surface area contributed by atoms with E-state index >= 15 is 0 Å². The summed E-state index contributed by atoms with van der Waals surface area (Å²) in [5.74, 6) is -2.81. The van der Waals surface area contributed by atoms with Crippen molar-refractivity contribution in [3.63, 3.8) is 0 Å². The number of benzene rings is 1. The van der Waals surface area contributed by atoms with Gasteiger partial charge in [0, 0.05) is 7.11 Å². The molecule has 1 amide bonds. The predicted molar refractivity (Wildman–Crippen MR) is 75.9 cm³/mol. The molecule has 2 unspecified atom stereocenters. The maximum atomic E-state index is 12.8. The van der Waals surface area contributed by atoms with Crippen molar-refractivity contribution in [2.24, 2.45) is 0 Å². The summed E-state index contributed by atoms with van der Waals surface area (Å²) in [6.07, 6.45) is -4.28. The number of nitrogens with one attached hydrogen (secondary N) is 1. The summed E-state index contributed by atoms with van der Waals surface area (Å²) in [5, 5.41) is 11.3. The van der Waals surface area contributed by atoms with E-state index in [0.717, 1.165) is 12.1 Å². The van der Waals surface area contributed by atoms with Crippen LogP contribution in [0.15, 0.2) is 24.3 Å². The van der Waals surface area contributed by atoms with Crippen molar-refractivity contribution in [2.45, 2.75) is 31.5 Å². The Bertz CT molecular complexity index is 560. The average molecular weight is 333 g/mol. The third kappa shape index (κ3) is 5.24. The van der Waals surface area contributed by atoms with Gasteiger partial charge in [-0.3, -0.25) is 4.79 Å². The maximum Gasteiger partial charge on any atom is 0.416 e. The minimum Gasteiger partial charge on any atom is -0.480 e. The normalized spacial score (nSPS) is 14.1. The lowest BCUT2D eigenvalue weighted by Gasteiger charge is -2.20. The number of aliphatic carboxylic acids is 1. The SMILES string of the molecule is CCC(C(=O)NC(COC)C(=O)O)c1cccc(C(F)(F)F)c1. The van der Waals surface area contributed by atoms with Crippen LogP contribution < -0.4 is 5.32 Å². The zero-order chi connectivity index (χ0) is 17.6. The third-order valence-corrected chi connectivity index (χ3v) is 3.29.